The summed E-state index contributed by atoms with van der Waals surface area (Å²) in [7, 11) is 0. The fraction of sp³-hybridized carbons (Fsp3) is 0.182. The van der Waals surface area contributed by atoms with Crippen LogP contribution in [0, 0.1) is 0 Å². The van der Waals surface area contributed by atoms with Crippen molar-refractivity contribution in [3.05, 3.63) is 48.2 Å². The second kappa shape index (κ2) is 2.87. The molecule has 0 bridgehead atoms. The maximum absolute atomic E-state index is 5.41. The van der Waals surface area contributed by atoms with E-state index in [4.69, 9.17) is 9.57 Å². The highest BCUT2D eigenvalue weighted by Gasteiger charge is 2.37. The van der Waals surface area contributed by atoms with Gasteiger partial charge in [0.05, 0.1) is 6.26 Å². The van der Waals surface area contributed by atoms with Crippen molar-refractivity contribution >= 4 is 5.71 Å². The second-order valence-electron chi connectivity index (χ2n) is 3.30. The lowest BCUT2D eigenvalue weighted by Crippen LogP contribution is -2.26. The third kappa shape index (κ3) is 1.02. The Hall–Kier alpha value is -1.77. The Kier molecular flexibility index (Phi) is 1.56. The normalized spacial score (nSPS) is 27.9. The quantitative estimate of drug-likeness (QED) is 0.670. The lowest BCUT2D eigenvalue weighted by atomic mass is 10.0. The van der Waals surface area contributed by atoms with E-state index in [-0.39, 0.29) is 12.2 Å². The summed E-state index contributed by atoms with van der Waals surface area (Å²) in [5, 5.41) is 4.03. The largest absolute Gasteiger partial charge is 0.487 e. The number of nitrogens with zero attached hydrogens (tertiary/aromatic N) is 1. The summed E-state index contributed by atoms with van der Waals surface area (Å²) in [4.78, 5) is 5.22. The lowest BCUT2D eigenvalue weighted by molar-refractivity contribution is 0.0678. The highest BCUT2D eigenvalue weighted by molar-refractivity contribution is 6.05. The van der Waals surface area contributed by atoms with Crippen molar-refractivity contribution < 1.29 is 9.57 Å². The van der Waals surface area contributed by atoms with Gasteiger partial charge < -0.3 is 9.57 Å². The van der Waals surface area contributed by atoms with E-state index in [1.165, 1.54) is 0 Å². The fourth-order valence-corrected chi connectivity index (χ4v) is 1.69. The Morgan fingerprint density at radius 2 is 2.00 bits per heavy atom. The zero-order valence-corrected chi connectivity index (χ0v) is 7.46. The molecule has 2 unspecified atom stereocenters. The summed E-state index contributed by atoms with van der Waals surface area (Å²) < 4.78 is 5.41. The molecule has 2 aliphatic heterocycles. The van der Waals surface area contributed by atoms with E-state index in [0.29, 0.717) is 0 Å². The van der Waals surface area contributed by atoms with Crippen LogP contribution in [0.1, 0.15) is 5.56 Å². The van der Waals surface area contributed by atoms with Gasteiger partial charge in [-0.25, -0.2) is 0 Å². The van der Waals surface area contributed by atoms with Crippen LogP contribution >= 0.6 is 0 Å². The van der Waals surface area contributed by atoms with Crippen LogP contribution in [0.3, 0.4) is 0 Å². The van der Waals surface area contributed by atoms with Crippen molar-refractivity contribution in [2.24, 2.45) is 5.16 Å². The molecule has 2 atom stereocenters. The molecule has 3 heteroatoms. The Bertz CT molecular complexity index is 397. The first-order valence-corrected chi connectivity index (χ1v) is 4.56. The Morgan fingerprint density at radius 3 is 2.86 bits per heavy atom. The van der Waals surface area contributed by atoms with Crippen molar-refractivity contribution in [2.45, 2.75) is 12.2 Å². The molecule has 2 aliphatic rings. The van der Waals surface area contributed by atoms with Crippen molar-refractivity contribution in [3.8, 4) is 0 Å². The average molecular weight is 187 g/mol. The molecular formula is C11H9NO2. The van der Waals surface area contributed by atoms with Gasteiger partial charge in [-0.3, -0.25) is 0 Å². The molecule has 0 amide bonds. The molecule has 0 fully saturated rings. The first kappa shape index (κ1) is 7.62. The monoisotopic (exact) mass is 187 g/mol. The minimum Gasteiger partial charge on any atom is -0.487 e. The van der Waals surface area contributed by atoms with Gasteiger partial charge in [0.2, 0.25) is 0 Å². The summed E-state index contributed by atoms with van der Waals surface area (Å²) in [5.74, 6) is 0. The van der Waals surface area contributed by atoms with E-state index >= 15 is 0 Å². The maximum atomic E-state index is 5.41. The molecule has 3 rings (SSSR count). The van der Waals surface area contributed by atoms with Crippen LogP contribution in [0.5, 0.6) is 0 Å². The number of hydrogen-bond acceptors (Lipinski definition) is 3. The third-order valence-corrected chi connectivity index (χ3v) is 2.40. The van der Waals surface area contributed by atoms with Crippen LogP contribution in [0.2, 0.25) is 0 Å². The van der Waals surface area contributed by atoms with Gasteiger partial charge in [0, 0.05) is 5.56 Å². The van der Waals surface area contributed by atoms with Crippen LogP contribution < -0.4 is 0 Å². The predicted molar refractivity (Wildman–Crippen MR) is 51.9 cm³/mol. The molecule has 0 spiro atoms. The maximum Gasteiger partial charge on any atom is 0.191 e. The van der Waals surface area contributed by atoms with Crippen LogP contribution in [-0.4, -0.2) is 17.9 Å². The number of benzene rings is 1. The average Bonchev–Trinajstić information content (AvgIpc) is 2.79. The minimum absolute atomic E-state index is 0.0368. The molecule has 0 N–H and O–H groups in total. The van der Waals surface area contributed by atoms with Crippen LogP contribution in [-0.2, 0) is 9.57 Å². The van der Waals surface area contributed by atoms with Gasteiger partial charge in [-0.05, 0) is 6.08 Å². The molecule has 70 valence electrons. The SMILES string of the molecule is C1=CC2ON=C(c3ccccc3)C2O1. The van der Waals surface area contributed by atoms with Gasteiger partial charge in [0.15, 0.2) is 12.2 Å². The zero-order valence-electron chi connectivity index (χ0n) is 7.46. The van der Waals surface area contributed by atoms with Gasteiger partial charge in [0.25, 0.3) is 0 Å². The molecule has 14 heavy (non-hydrogen) atoms. The molecule has 0 saturated heterocycles. The highest BCUT2D eigenvalue weighted by Crippen LogP contribution is 2.25. The third-order valence-electron chi connectivity index (χ3n) is 2.40. The first-order valence-electron chi connectivity index (χ1n) is 4.56. The van der Waals surface area contributed by atoms with Crippen LogP contribution in [0.4, 0.5) is 0 Å². The van der Waals surface area contributed by atoms with Crippen LogP contribution in [0.15, 0.2) is 47.8 Å². The molecule has 2 heterocycles. The van der Waals surface area contributed by atoms with Crippen molar-refractivity contribution in [2.75, 3.05) is 0 Å². The van der Waals surface area contributed by atoms with Gasteiger partial charge in [-0.15, -0.1) is 0 Å². The zero-order chi connectivity index (χ0) is 9.38. The van der Waals surface area contributed by atoms with Gasteiger partial charge >= 0.3 is 0 Å². The van der Waals surface area contributed by atoms with E-state index in [1.807, 2.05) is 36.4 Å². The van der Waals surface area contributed by atoms with Gasteiger partial charge in [0.1, 0.15) is 5.71 Å². The number of hydrogen-bond donors (Lipinski definition) is 0. The number of oxime groups is 1. The van der Waals surface area contributed by atoms with E-state index in [2.05, 4.69) is 5.16 Å². The number of rotatable bonds is 1. The summed E-state index contributed by atoms with van der Waals surface area (Å²) in [5.41, 5.74) is 1.93. The summed E-state index contributed by atoms with van der Waals surface area (Å²) in [6.45, 7) is 0. The molecule has 1 aromatic carbocycles. The number of ether oxygens (including phenoxy) is 1. The van der Waals surface area contributed by atoms with E-state index < -0.39 is 0 Å². The molecule has 0 radical (unpaired) electrons. The molecular weight excluding hydrogens is 178 g/mol. The van der Waals surface area contributed by atoms with Crippen molar-refractivity contribution in [1.82, 2.24) is 0 Å². The Balaban J connectivity index is 1.94. The lowest BCUT2D eigenvalue weighted by Gasteiger charge is -2.08. The Labute approximate surface area is 81.6 Å². The van der Waals surface area contributed by atoms with Crippen LogP contribution in [0.25, 0.3) is 0 Å². The topological polar surface area (TPSA) is 30.8 Å². The van der Waals surface area contributed by atoms with E-state index in [9.17, 15) is 0 Å². The summed E-state index contributed by atoms with van der Waals surface area (Å²) >= 11 is 0. The van der Waals surface area contributed by atoms with Gasteiger partial charge in [-0.2, -0.15) is 0 Å². The van der Waals surface area contributed by atoms with Crippen molar-refractivity contribution in [1.29, 1.82) is 0 Å². The summed E-state index contributed by atoms with van der Waals surface area (Å²) in [6, 6.07) is 9.95. The number of fused-ring (bicyclic) bond motifs is 1. The van der Waals surface area contributed by atoms with Gasteiger partial charge in [-0.1, -0.05) is 35.5 Å². The molecule has 3 nitrogen and oxygen atoms in total. The standard InChI is InChI=1S/C11H9NO2/c1-2-4-8(5-3-1)10-11-9(14-12-10)6-7-13-11/h1-7,9,11H. The predicted octanol–water partition coefficient (Wildman–Crippen LogP) is 1.70. The Morgan fingerprint density at radius 1 is 1.14 bits per heavy atom. The van der Waals surface area contributed by atoms with E-state index in [1.54, 1.807) is 6.26 Å². The molecule has 0 aliphatic carbocycles. The minimum atomic E-state index is -0.0580. The summed E-state index contributed by atoms with van der Waals surface area (Å²) in [6.07, 6.45) is 3.46. The molecule has 0 aromatic heterocycles. The van der Waals surface area contributed by atoms with E-state index in [0.717, 1.165) is 11.3 Å². The second-order valence-corrected chi connectivity index (χ2v) is 3.30. The first-order chi connectivity index (χ1) is 6.95. The fourth-order valence-electron chi connectivity index (χ4n) is 1.69. The van der Waals surface area contributed by atoms with Crippen molar-refractivity contribution in [3.63, 3.8) is 0 Å². The molecule has 1 aromatic rings. The molecule has 0 saturated carbocycles. The highest BCUT2D eigenvalue weighted by atomic mass is 16.7. The smallest absolute Gasteiger partial charge is 0.191 e.